The number of benzene rings is 3. The van der Waals surface area contributed by atoms with E-state index in [0.717, 1.165) is 51.1 Å². The van der Waals surface area contributed by atoms with Gasteiger partial charge in [-0.2, -0.15) is 10.5 Å². The first-order valence-electron chi connectivity index (χ1n) is 14.5. The summed E-state index contributed by atoms with van der Waals surface area (Å²) >= 11 is 0. The van der Waals surface area contributed by atoms with E-state index in [1.54, 1.807) is 0 Å². The molecular weight excluding hydrogens is 512 g/mol. The Bertz CT molecular complexity index is 1680. The third kappa shape index (κ3) is 8.40. The van der Waals surface area contributed by atoms with Crippen molar-refractivity contribution in [3.8, 4) is 23.3 Å². The normalized spacial score (nSPS) is 13.1. The van der Waals surface area contributed by atoms with E-state index in [-0.39, 0.29) is 6.10 Å². The van der Waals surface area contributed by atoms with Crippen LogP contribution in [-0.4, -0.2) is 0 Å². The highest BCUT2D eigenvalue weighted by atomic mass is 16.5. The molecule has 0 aliphatic heterocycles. The van der Waals surface area contributed by atoms with Gasteiger partial charge >= 0.3 is 0 Å². The van der Waals surface area contributed by atoms with Gasteiger partial charge in [0.05, 0.1) is 29.9 Å². The third-order valence-corrected chi connectivity index (χ3v) is 6.95. The summed E-state index contributed by atoms with van der Waals surface area (Å²) in [5.41, 5.74) is 7.31. The SMILES string of the molecule is C/C=C\C=c1\cccc(-c2cc(C(OCc3ccc(C#N)cc3)C(/C=C\C=C\CCC)=C/C)ccc2C#N)c1=C(C)C. The molecule has 42 heavy (non-hydrogen) atoms. The van der Waals surface area contributed by atoms with Gasteiger partial charge in [-0.1, -0.05) is 104 Å². The maximum atomic E-state index is 10.1. The van der Waals surface area contributed by atoms with Crippen LogP contribution in [0, 0.1) is 22.7 Å². The molecule has 3 heteroatoms. The molecule has 1 unspecified atom stereocenters. The summed E-state index contributed by atoms with van der Waals surface area (Å²) in [6.45, 7) is 10.8. The second kappa shape index (κ2) is 16.5. The van der Waals surface area contributed by atoms with E-state index in [1.807, 2.05) is 68.5 Å². The molecule has 0 spiro atoms. The van der Waals surface area contributed by atoms with Gasteiger partial charge in [-0.15, -0.1) is 0 Å². The molecule has 0 radical (unpaired) electrons. The van der Waals surface area contributed by atoms with Crippen LogP contribution in [0.1, 0.15) is 75.8 Å². The van der Waals surface area contributed by atoms with Gasteiger partial charge in [0.25, 0.3) is 0 Å². The van der Waals surface area contributed by atoms with E-state index < -0.39 is 0 Å². The van der Waals surface area contributed by atoms with Gasteiger partial charge in [-0.25, -0.2) is 0 Å². The molecule has 3 rings (SSSR count). The van der Waals surface area contributed by atoms with E-state index in [2.05, 4.69) is 87.6 Å². The highest BCUT2D eigenvalue weighted by Gasteiger charge is 2.19. The van der Waals surface area contributed by atoms with E-state index in [1.165, 1.54) is 5.57 Å². The average Bonchev–Trinajstić information content (AvgIpc) is 3.02. The Kier molecular flexibility index (Phi) is 12.5. The van der Waals surface area contributed by atoms with Crippen molar-refractivity contribution in [2.75, 3.05) is 0 Å². The van der Waals surface area contributed by atoms with E-state index in [9.17, 15) is 10.5 Å². The Morgan fingerprint density at radius 2 is 1.69 bits per heavy atom. The van der Waals surface area contributed by atoms with Crippen LogP contribution >= 0.6 is 0 Å². The van der Waals surface area contributed by atoms with Crippen LogP contribution in [0.25, 0.3) is 22.8 Å². The van der Waals surface area contributed by atoms with Crippen molar-refractivity contribution in [2.45, 2.75) is 60.2 Å². The minimum Gasteiger partial charge on any atom is -0.364 e. The van der Waals surface area contributed by atoms with E-state index in [0.29, 0.717) is 17.7 Å². The number of nitriles is 2. The number of nitrogens with zero attached hydrogens (tertiary/aromatic N) is 2. The maximum absolute atomic E-state index is 10.1. The van der Waals surface area contributed by atoms with Gasteiger partial charge in [-0.3, -0.25) is 0 Å². The lowest BCUT2D eigenvalue weighted by atomic mass is 9.91. The van der Waals surface area contributed by atoms with Gasteiger partial charge in [-0.05, 0) is 91.1 Å². The Hall–Kier alpha value is -4.70. The van der Waals surface area contributed by atoms with Crippen molar-refractivity contribution >= 4 is 11.6 Å². The van der Waals surface area contributed by atoms with Crippen LogP contribution in [-0.2, 0) is 11.3 Å². The van der Waals surface area contributed by atoms with Crippen LogP contribution in [0.15, 0.2) is 109 Å². The molecule has 0 fully saturated rings. The smallest absolute Gasteiger partial charge is 0.108 e. The van der Waals surface area contributed by atoms with Crippen LogP contribution in [0.4, 0.5) is 0 Å². The summed E-state index contributed by atoms with van der Waals surface area (Å²) in [7, 11) is 0. The van der Waals surface area contributed by atoms with Crippen molar-refractivity contribution < 1.29 is 4.74 Å². The van der Waals surface area contributed by atoms with E-state index in [4.69, 9.17) is 4.74 Å². The van der Waals surface area contributed by atoms with Crippen molar-refractivity contribution in [1.29, 1.82) is 10.5 Å². The van der Waals surface area contributed by atoms with Crippen molar-refractivity contribution in [3.05, 3.63) is 141 Å². The zero-order chi connectivity index (χ0) is 30.3. The lowest BCUT2D eigenvalue weighted by Gasteiger charge is -2.21. The van der Waals surface area contributed by atoms with Gasteiger partial charge in [0, 0.05) is 5.56 Å². The molecule has 3 nitrogen and oxygen atoms in total. The summed E-state index contributed by atoms with van der Waals surface area (Å²) in [5.74, 6) is 0. The topological polar surface area (TPSA) is 56.8 Å². The zero-order valence-corrected chi connectivity index (χ0v) is 25.4. The molecule has 0 aliphatic rings. The molecule has 0 aromatic heterocycles. The number of rotatable bonds is 11. The van der Waals surface area contributed by atoms with Crippen LogP contribution < -0.4 is 10.4 Å². The summed E-state index contributed by atoms with van der Waals surface area (Å²) in [4.78, 5) is 0. The van der Waals surface area contributed by atoms with Crippen molar-refractivity contribution in [2.24, 2.45) is 0 Å². The van der Waals surface area contributed by atoms with Crippen LogP contribution in [0.5, 0.6) is 0 Å². The molecule has 0 saturated carbocycles. The fraction of sp³-hybridized carbons (Fsp3) is 0.231. The highest BCUT2D eigenvalue weighted by Crippen LogP contribution is 2.32. The van der Waals surface area contributed by atoms with Gasteiger partial charge in [0.1, 0.15) is 6.10 Å². The second-order valence-corrected chi connectivity index (χ2v) is 10.2. The fourth-order valence-electron chi connectivity index (χ4n) is 4.82. The summed E-state index contributed by atoms with van der Waals surface area (Å²) in [6, 6.07) is 24.3. The molecule has 0 saturated heterocycles. The Balaban J connectivity index is 2.18. The summed E-state index contributed by atoms with van der Waals surface area (Å²) in [6.07, 6.45) is 18.4. The molecule has 1 atom stereocenters. The molecular formula is C39H40N2O. The Morgan fingerprint density at radius 1 is 0.905 bits per heavy atom. The second-order valence-electron chi connectivity index (χ2n) is 10.2. The molecule has 3 aromatic carbocycles. The maximum Gasteiger partial charge on any atom is 0.108 e. The largest absolute Gasteiger partial charge is 0.364 e. The first-order valence-corrected chi connectivity index (χ1v) is 14.5. The average molecular weight is 553 g/mol. The standard InChI is InChI=1S/C39H40N2O/c1-6-9-11-12-13-16-32(8-3)39(42-28-31-21-19-30(26-40)20-22-31)34-23-24-35(27-41)37(25-34)36-18-14-17-33(15-10-7-2)38(36)29(4)5/h7-8,10-25,39H,6,9,28H2,1-5H3/b10-7-,12-11+,16-13-,32-8+,33-15-. The molecule has 0 N–H and O–H groups in total. The number of hydrogen-bond donors (Lipinski definition) is 0. The lowest BCUT2D eigenvalue weighted by molar-refractivity contribution is 0.0662. The number of allylic oxidation sites excluding steroid dienone is 6. The lowest BCUT2D eigenvalue weighted by Crippen LogP contribution is -2.28. The quantitative estimate of drug-likeness (QED) is 0.223. The van der Waals surface area contributed by atoms with Gasteiger partial charge in [0.15, 0.2) is 0 Å². The molecule has 3 aromatic rings. The summed E-state index contributed by atoms with van der Waals surface area (Å²) < 4.78 is 6.61. The minimum absolute atomic E-state index is 0.360. The minimum atomic E-state index is -0.360. The van der Waals surface area contributed by atoms with Crippen LogP contribution in [0.3, 0.4) is 0 Å². The number of ether oxygens (including phenoxy) is 1. The fourth-order valence-corrected chi connectivity index (χ4v) is 4.82. The predicted molar refractivity (Wildman–Crippen MR) is 176 cm³/mol. The Morgan fingerprint density at radius 3 is 2.33 bits per heavy atom. The third-order valence-electron chi connectivity index (χ3n) is 6.95. The molecule has 212 valence electrons. The molecule has 0 heterocycles. The van der Waals surface area contributed by atoms with E-state index >= 15 is 0 Å². The van der Waals surface area contributed by atoms with Crippen molar-refractivity contribution in [1.82, 2.24) is 0 Å². The van der Waals surface area contributed by atoms with Gasteiger partial charge < -0.3 is 4.74 Å². The monoisotopic (exact) mass is 552 g/mol. The zero-order valence-electron chi connectivity index (χ0n) is 25.4. The highest BCUT2D eigenvalue weighted by molar-refractivity contribution is 5.74. The number of unbranched alkanes of at least 4 members (excludes halogenated alkanes) is 1. The first kappa shape index (κ1) is 31.8. The van der Waals surface area contributed by atoms with Crippen LogP contribution in [0.2, 0.25) is 0 Å². The summed E-state index contributed by atoms with van der Waals surface area (Å²) in [5, 5.41) is 21.6. The van der Waals surface area contributed by atoms with Crippen molar-refractivity contribution in [3.63, 3.8) is 0 Å². The molecule has 0 bridgehead atoms. The number of hydrogen-bond acceptors (Lipinski definition) is 3. The first-order chi connectivity index (χ1) is 20.5. The molecule has 0 aliphatic carbocycles. The predicted octanol–water partition coefficient (Wildman–Crippen LogP) is 8.76. The van der Waals surface area contributed by atoms with Gasteiger partial charge in [0.2, 0.25) is 0 Å². The molecule has 0 amide bonds. The Labute approximate surface area is 251 Å².